The Hall–Kier alpha value is -2.48. The van der Waals surface area contributed by atoms with E-state index in [9.17, 15) is 0 Å². The molecule has 3 rings (SSSR count). The van der Waals surface area contributed by atoms with Crippen LogP contribution in [0.2, 0.25) is 0 Å². The topological polar surface area (TPSA) is 8.17 Å². The first-order chi connectivity index (χ1) is 11.0. The Morgan fingerprint density at radius 3 is 2.30 bits per heavy atom. The summed E-state index contributed by atoms with van der Waals surface area (Å²) in [5.41, 5.74) is 7.31. The van der Waals surface area contributed by atoms with Crippen molar-refractivity contribution in [3.05, 3.63) is 71.9 Å². The highest BCUT2D eigenvalue weighted by Gasteiger charge is 2.16. The zero-order chi connectivity index (χ0) is 16.6. The van der Waals surface area contributed by atoms with Crippen LogP contribution in [0.25, 0.3) is 16.5 Å². The Kier molecular flexibility index (Phi) is 3.99. The molecule has 0 saturated heterocycles. The molecule has 0 aliphatic carbocycles. The number of para-hydroxylation sites is 1. The van der Waals surface area contributed by atoms with E-state index in [2.05, 4.69) is 92.5 Å². The summed E-state index contributed by atoms with van der Waals surface area (Å²) in [6.45, 7) is 9.76. The molecule has 3 aromatic rings. The molecule has 0 radical (unpaired) electrons. The molecule has 0 spiro atoms. The highest BCUT2D eigenvalue weighted by atomic mass is 15.1. The van der Waals surface area contributed by atoms with Crippen LogP contribution < -0.4 is 4.90 Å². The summed E-state index contributed by atoms with van der Waals surface area (Å²) in [6, 6.07) is 17.2. The number of benzene rings is 2. The third-order valence-electron chi connectivity index (χ3n) is 4.58. The van der Waals surface area contributed by atoms with Crippen LogP contribution in [0.1, 0.15) is 23.7 Å². The fraction of sp³-hybridized carbons (Fsp3) is 0.238. The molecule has 0 bridgehead atoms. The summed E-state index contributed by atoms with van der Waals surface area (Å²) in [6.07, 6.45) is 0. The average Bonchev–Trinajstić information content (AvgIpc) is 2.85. The SMILES string of the molecule is C=C(c1ccc(N(C)C)cc1)c1c(C)n(CC)c2ccccc12. The van der Waals surface area contributed by atoms with Crippen molar-refractivity contribution in [2.75, 3.05) is 19.0 Å². The van der Waals surface area contributed by atoms with Crippen molar-refractivity contribution >= 4 is 22.2 Å². The van der Waals surface area contributed by atoms with Gasteiger partial charge in [0.2, 0.25) is 0 Å². The zero-order valence-corrected chi connectivity index (χ0v) is 14.4. The van der Waals surface area contributed by atoms with Crippen molar-refractivity contribution in [3.8, 4) is 0 Å². The van der Waals surface area contributed by atoms with Crippen molar-refractivity contribution in [3.63, 3.8) is 0 Å². The number of fused-ring (bicyclic) bond motifs is 1. The van der Waals surface area contributed by atoms with E-state index < -0.39 is 0 Å². The number of anilines is 1. The first-order valence-corrected chi connectivity index (χ1v) is 8.09. The third kappa shape index (κ3) is 2.55. The van der Waals surface area contributed by atoms with Gasteiger partial charge in [-0.25, -0.2) is 0 Å². The van der Waals surface area contributed by atoms with Crippen LogP contribution in [0.5, 0.6) is 0 Å². The first-order valence-electron chi connectivity index (χ1n) is 8.09. The maximum atomic E-state index is 4.40. The summed E-state index contributed by atoms with van der Waals surface area (Å²) >= 11 is 0. The Bertz CT molecular complexity index is 851. The largest absolute Gasteiger partial charge is 0.378 e. The van der Waals surface area contributed by atoms with Gasteiger partial charge in [-0.2, -0.15) is 0 Å². The predicted molar refractivity (Wildman–Crippen MR) is 101 cm³/mol. The van der Waals surface area contributed by atoms with Crippen LogP contribution in [-0.4, -0.2) is 18.7 Å². The van der Waals surface area contributed by atoms with E-state index in [1.807, 2.05) is 0 Å². The second-order valence-corrected chi connectivity index (χ2v) is 6.14. The lowest BCUT2D eigenvalue weighted by Gasteiger charge is -2.14. The quantitative estimate of drug-likeness (QED) is 0.651. The van der Waals surface area contributed by atoms with Gasteiger partial charge >= 0.3 is 0 Å². The van der Waals surface area contributed by atoms with Gasteiger partial charge in [0.15, 0.2) is 0 Å². The maximum absolute atomic E-state index is 4.40. The predicted octanol–water partition coefficient (Wildman–Crippen LogP) is 5.10. The van der Waals surface area contributed by atoms with E-state index in [1.165, 1.54) is 33.4 Å². The lowest BCUT2D eigenvalue weighted by Crippen LogP contribution is -2.08. The van der Waals surface area contributed by atoms with E-state index in [-0.39, 0.29) is 0 Å². The molecule has 0 aliphatic rings. The van der Waals surface area contributed by atoms with Gasteiger partial charge in [-0.1, -0.05) is 36.9 Å². The fourth-order valence-electron chi connectivity index (χ4n) is 3.32. The molecule has 1 heterocycles. The van der Waals surface area contributed by atoms with E-state index in [0.29, 0.717) is 0 Å². The molecule has 0 N–H and O–H groups in total. The number of hydrogen-bond acceptors (Lipinski definition) is 1. The minimum atomic E-state index is 0.971. The molecular formula is C21H24N2. The van der Waals surface area contributed by atoms with Gasteiger partial charge in [0.1, 0.15) is 0 Å². The van der Waals surface area contributed by atoms with Gasteiger partial charge in [0.05, 0.1) is 0 Å². The van der Waals surface area contributed by atoms with Crippen LogP contribution in [0, 0.1) is 6.92 Å². The molecule has 0 unspecified atom stereocenters. The van der Waals surface area contributed by atoms with Crippen molar-refractivity contribution in [2.45, 2.75) is 20.4 Å². The molecule has 2 aromatic carbocycles. The van der Waals surface area contributed by atoms with E-state index in [1.54, 1.807) is 0 Å². The molecule has 23 heavy (non-hydrogen) atoms. The number of aryl methyl sites for hydroxylation is 1. The lowest BCUT2D eigenvalue weighted by atomic mass is 9.97. The minimum Gasteiger partial charge on any atom is -0.378 e. The minimum absolute atomic E-state index is 0.971. The monoisotopic (exact) mass is 304 g/mol. The standard InChI is InChI=1S/C21H24N2/c1-6-23-16(3)21(19-9-7-8-10-20(19)23)15(2)17-11-13-18(14-12-17)22(4)5/h7-14H,2,6H2,1,3-5H3. The molecule has 118 valence electrons. The van der Waals surface area contributed by atoms with Gasteiger partial charge in [-0.3, -0.25) is 0 Å². The summed E-state index contributed by atoms with van der Waals surface area (Å²) in [5, 5.41) is 1.29. The summed E-state index contributed by atoms with van der Waals surface area (Å²) in [7, 11) is 4.12. The van der Waals surface area contributed by atoms with Gasteiger partial charge in [0, 0.05) is 48.5 Å². The second-order valence-electron chi connectivity index (χ2n) is 6.14. The molecule has 0 fully saturated rings. The molecule has 0 saturated carbocycles. The molecule has 0 aliphatic heterocycles. The Balaban J connectivity index is 2.12. The zero-order valence-electron chi connectivity index (χ0n) is 14.4. The molecule has 2 heteroatoms. The maximum Gasteiger partial charge on any atom is 0.0488 e. The molecule has 1 aromatic heterocycles. The molecule has 2 nitrogen and oxygen atoms in total. The van der Waals surface area contributed by atoms with Gasteiger partial charge < -0.3 is 9.47 Å². The van der Waals surface area contributed by atoms with Crippen molar-refractivity contribution in [1.29, 1.82) is 0 Å². The van der Waals surface area contributed by atoms with Gasteiger partial charge in [-0.05, 0) is 43.2 Å². The Morgan fingerprint density at radius 2 is 1.70 bits per heavy atom. The summed E-state index contributed by atoms with van der Waals surface area (Å²) < 4.78 is 2.37. The van der Waals surface area contributed by atoms with Crippen molar-refractivity contribution in [1.82, 2.24) is 4.57 Å². The number of hydrogen-bond donors (Lipinski definition) is 0. The first kappa shape index (κ1) is 15.4. The van der Waals surface area contributed by atoms with Gasteiger partial charge in [0.25, 0.3) is 0 Å². The van der Waals surface area contributed by atoms with E-state index in [4.69, 9.17) is 0 Å². The fourth-order valence-corrected chi connectivity index (χ4v) is 3.32. The van der Waals surface area contributed by atoms with Crippen LogP contribution in [0.4, 0.5) is 5.69 Å². The van der Waals surface area contributed by atoms with Crippen LogP contribution in [-0.2, 0) is 6.54 Å². The van der Waals surface area contributed by atoms with Gasteiger partial charge in [-0.15, -0.1) is 0 Å². The summed E-state index contributed by atoms with van der Waals surface area (Å²) in [5.74, 6) is 0. The number of nitrogens with zero attached hydrogens (tertiary/aromatic N) is 2. The molecule has 0 atom stereocenters. The van der Waals surface area contributed by atoms with Crippen molar-refractivity contribution < 1.29 is 0 Å². The second kappa shape index (κ2) is 5.96. The molecule has 0 amide bonds. The lowest BCUT2D eigenvalue weighted by molar-refractivity contribution is 0.768. The normalized spacial score (nSPS) is 11.0. The number of rotatable bonds is 4. The van der Waals surface area contributed by atoms with Crippen LogP contribution >= 0.6 is 0 Å². The highest BCUT2D eigenvalue weighted by Crippen LogP contribution is 2.34. The average molecular weight is 304 g/mol. The summed E-state index contributed by atoms with van der Waals surface area (Å²) in [4.78, 5) is 2.11. The van der Waals surface area contributed by atoms with Crippen LogP contribution in [0.15, 0.2) is 55.1 Å². The van der Waals surface area contributed by atoms with Crippen LogP contribution in [0.3, 0.4) is 0 Å². The smallest absolute Gasteiger partial charge is 0.0488 e. The van der Waals surface area contributed by atoms with E-state index >= 15 is 0 Å². The Morgan fingerprint density at radius 1 is 1.04 bits per heavy atom. The van der Waals surface area contributed by atoms with Crippen molar-refractivity contribution in [2.24, 2.45) is 0 Å². The number of aromatic nitrogens is 1. The third-order valence-corrected chi connectivity index (χ3v) is 4.58. The van der Waals surface area contributed by atoms with E-state index in [0.717, 1.165) is 12.1 Å². The Labute approximate surface area is 138 Å². The highest BCUT2D eigenvalue weighted by molar-refractivity contribution is 5.98. The molecular weight excluding hydrogens is 280 g/mol.